The zero-order chi connectivity index (χ0) is 18.3. The molecular formula is C18H23ClFNO4. The predicted molar refractivity (Wildman–Crippen MR) is 92.2 cm³/mol. The van der Waals surface area contributed by atoms with Gasteiger partial charge >= 0.3 is 12.1 Å². The summed E-state index contributed by atoms with van der Waals surface area (Å²) in [6.07, 6.45) is 0.849. The van der Waals surface area contributed by atoms with E-state index < -0.39 is 30.3 Å². The number of amides is 1. The molecule has 1 amide bonds. The minimum absolute atomic E-state index is 0.0575. The van der Waals surface area contributed by atoms with E-state index in [4.69, 9.17) is 21.1 Å². The van der Waals surface area contributed by atoms with Crippen LogP contribution in [0.15, 0.2) is 30.3 Å². The highest BCUT2D eigenvalue weighted by Gasteiger charge is 2.55. The Morgan fingerprint density at radius 3 is 2.68 bits per heavy atom. The van der Waals surface area contributed by atoms with Crippen LogP contribution in [0.25, 0.3) is 0 Å². The monoisotopic (exact) mass is 371 g/mol. The molecule has 1 aliphatic rings. The van der Waals surface area contributed by atoms with Gasteiger partial charge in [-0.15, -0.1) is 11.6 Å². The van der Waals surface area contributed by atoms with Gasteiger partial charge in [0.1, 0.15) is 18.8 Å². The first-order valence-corrected chi connectivity index (χ1v) is 8.83. The number of rotatable bonds is 7. The molecule has 0 aromatic heterocycles. The average Bonchev–Trinajstić information content (AvgIpc) is 3.04. The van der Waals surface area contributed by atoms with Gasteiger partial charge in [-0.2, -0.15) is 0 Å². The predicted octanol–water partition coefficient (Wildman–Crippen LogP) is 3.69. The van der Waals surface area contributed by atoms with Crippen molar-refractivity contribution >= 4 is 23.7 Å². The van der Waals surface area contributed by atoms with Gasteiger partial charge in [0.15, 0.2) is 0 Å². The van der Waals surface area contributed by atoms with E-state index in [1.54, 1.807) is 0 Å². The van der Waals surface area contributed by atoms with Crippen LogP contribution in [-0.2, 0) is 20.9 Å². The van der Waals surface area contributed by atoms with Crippen molar-refractivity contribution in [1.29, 1.82) is 0 Å². The van der Waals surface area contributed by atoms with Crippen LogP contribution < -0.4 is 0 Å². The van der Waals surface area contributed by atoms with Gasteiger partial charge in [-0.25, -0.2) is 14.0 Å². The molecule has 2 atom stereocenters. The van der Waals surface area contributed by atoms with Crippen molar-refractivity contribution < 1.29 is 23.5 Å². The summed E-state index contributed by atoms with van der Waals surface area (Å²) in [5.41, 5.74) is -0.398. The lowest BCUT2D eigenvalue weighted by Gasteiger charge is -2.37. The van der Waals surface area contributed by atoms with Gasteiger partial charge in [-0.05, 0) is 31.2 Å². The maximum absolute atomic E-state index is 13.5. The Bertz CT molecular complexity index is 586. The molecule has 0 spiro atoms. The lowest BCUT2D eigenvalue weighted by atomic mass is 9.91. The molecular weight excluding hydrogens is 349 g/mol. The van der Waals surface area contributed by atoms with E-state index in [1.807, 2.05) is 30.3 Å². The van der Waals surface area contributed by atoms with Crippen LogP contribution in [0, 0.1) is 0 Å². The third kappa shape index (κ3) is 4.24. The van der Waals surface area contributed by atoms with E-state index >= 15 is 0 Å². The average molecular weight is 372 g/mol. The molecule has 7 heteroatoms. The summed E-state index contributed by atoms with van der Waals surface area (Å²) in [5, 5.41) is 0. The molecule has 138 valence electrons. The van der Waals surface area contributed by atoms with Crippen molar-refractivity contribution in [1.82, 2.24) is 4.90 Å². The second kappa shape index (κ2) is 9.04. The Balaban J connectivity index is 2.20. The highest BCUT2D eigenvalue weighted by Crippen LogP contribution is 2.39. The van der Waals surface area contributed by atoms with Crippen LogP contribution in [0.3, 0.4) is 0 Å². The van der Waals surface area contributed by atoms with Gasteiger partial charge in [0.25, 0.3) is 0 Å². The van der Waals surface area contributed by atoms with Crippen LogP contribution in [0.5, 0.6) is 0 Å². The SMILES string of the molecule is COC(=O)[C@@]1(CCCCl)CC[C@@H](CF)N1C(=O)OCc1ccccc1. The zero-order valence-corrected chi connectivity index (χ0v) is 15.0. The Morgan fingerprint density at radius 2 is 2.08 bits per heavy atom. The topological polar surface area (TPSA) is 55.8 Å². The van der Waals surface area contributed by atoms with Crippen molar-refractivity contribution in [3.05, 3.63) is 35.9 Å². The number of hydrogen-bond donors (Lipinski definition) is 0. The number of likely N-dealkylation sites (tertiary alicyclic amines) is 1. The second-order valence-electron chi connectivity index (χ2n) is 6.07. The summed E-state index contributed by atoms with van der Waals surface area (Å²) < 4.78 is 23.7. The molecule has 0 unspecified atom stereocenters. The van der Waals surface area contributed by atoms with E-state index in [-0.39, 0.29) is 6.61 Å². The van der Waals surface area contributed by atoms with Crippen LogP contribution >= 0.6 is 11.6 Å². The first-order chi connectivity index (χ1) is 12.1. The first kappa shape index (κ1) is 19.5. The molecule has 0 radical (unpaired) electrons. The Hall–Kier alpha value is -1.82. The molecule has 1 aliphatic heterocycles. The molecule has 0 N–H and O–H groups in total. The first-order valence-electron chi connectivity index (χ1n) is 8.29. The standard InChI is InChI=1S/C18H23ClFNO4/c1-24-16(22)18(9-5-11-19)10-8-15(12-20)21(18)17(23)25-13-14-6-3-2-4-7-14/h2-4,6-7,15H,5,8-13H2,1H3/t15-,18+/m0/s1. The number of carbonyl (C=O) groups excluding carboxylic acids is 2. The summed E-state index contributed by atoms with van der Waals surface area (Å²) in [7, 11) is 1.26. The number of halogens is 2. The molecule has 5 nitrogen and oxygen atoms in total. The van der Waals surface area contributed by atoms with E-state index in [9.17, 15) is 14.0 Å². The van der Waals surface area contributed by atoms with Crippen molar-refractivity contribution in [2.75, 3.05) is 19.7 Å². The number of methoxy groups -OCH3 is 1. The third-order valence-corrected chi connectivity index (χ3v) is 4.85. The molecule has 0 bridgehead atoms. The van der Waals surface area contributed by atoms with Gasteiger partial charge in [0.2, 0.25) is 0 Å². The molecule has 1 aromatic carbocycles. The van der Waals surface area contributed by atoms with Gasteiger partial charge in [-0.1, -0.05) is 30.3 Å². The normalized spacial score (nSPS) is 22.7. The van der Waals surface area contributed by atoms with Crippen molar-refractivity contribution in [2.24, 2.45) is 0 Å². The summed E-state index contributed by atoms with van der Waals surface area (Å²) in [6, 6.07) is 8.48. The van der Waals surface area contributed by atoms with Crippen LogP contribution in [0.1, 0.15) is 31.2 Å². The van der Waals surface area contributed by atoms with Crippen molar-refractivity contribution in [2.45, 2.75) is 43.9 Å². The van der Waals surface area contributed by atoms with Gasteiger partial charge in [-0.3, -0.25) is 4.90 Å². The van der Waals surface area contributed by atoms with Gasteiger partial charge < -0.3 is 9.47 Å². The minimum atomic E-state index is -1.21. The quantitative estimate of drug-likeness (QED) is 0.542. The molecule has 2 rings (SSSR count). The fourth-order valence-electron chi connectivity index (χ4n) is 3.36. The highest BCUT2D eigenvalue weighted by molar-refractivity contribution is 6.17. The lowest BCUT2D eigenvalue weighted by molar-refractivity contribution is -0.154. The molecule has 1 saturated heterocycles. The number of esters is 1. The molecule has 1 heterocycles. The number of alkyl halides is 2. The largest absolute Gasteiger partial charge is 0.467 e. The minimum Gasteiger partial charge on any atom is -0.467 e. The van der Waals surface area contributed by atoms with Crippen molar-refractivity contribution in [3.63, 3.8) is 0 Å². The fourth-order valence-corrected chi connectivity index (χ4v) is 3.49. The Morgan fingerprint density at radius 1 is 1.36 bits per heavy atom. The maximum Gasteiger partial charge on any atom is 0.411 e. The molecule has 1 fully saturated rings. The van der Waals surface area contributed by atoms with E-state index in [0.29, 0.717) is 31.6 Å². The Kier molecular flexibility index (Phi) is 7.05. The van der Waals surface area contributed by atoms with Crippen LogP contribution in [0.4, 0.5) is 9.18 Å². The fraction of sp³-hybridized carbons (Fsp3) is 0.556. The Labute approximate surface area is 152 Å². The third-order valence-electron chi connectivity index (χ3n) is 4.59. The van der Waals surface area contributed by atoms with E-state index in [0.717, 1.165) is 5.56 Å². The molecule has 0 saturated carbocycles. The summed E-state index contributed by atoms with van der Waals surface area (Å²) in [5.74, 6) is -0.211. The second-order valence-corrected chi connectivity index (χ2v) is 6.45. The number of carbonyl (C=O) groups is 2. The lowest BCUT2D eigenvalue weighted by Crippen LogP contribution is -2.56. The summed E-state index contributed by atoms with van der Waals surface area (Å²) in [4.78, 5) is 26.4. The van der Waals surface area contributed by atoms with Crippen LogP contribution in [0.2, 0.25) is 0 Å². The van der Waals surface area contributed by atoms with E-state index in [1.165, 1.54) is 12.0 Å². The van der Waals surface area contributed by atoms with Crippen LogP contribution in [-0.4, -0.2) is 48.2 Å². The maximum atomic E-state index is 13.5. The van der Waals surface area contributed by atoms with Gasteiger partial charge in [0, 0.05) is 5.88 Å². The number of nitrogens with zero attached hydrogens (tertiary/aromatic N) is 1. The van der Waals surface area contributed by atoms with Gasteiger partial charge in [0.05, 0.1) is 13.2 Å². The number of ether oxygens (including phenoxy) is 2. The molecule has 25 heavy (non-hydrogen) atoms. The summed E-state index contributed by atoms with van der Waals surface area (Å²) in [6.45, 7) is -0.679. The summed E-state index contributed by atoms with van der Waals surface area (Å²) >= 11 is 5.77. The molecule has 1 aromatic rings. The number of benzene rings is 1. The highest BCUT2D eigenvalue weighted by atomic mass is 35.5. The smallest absolute Gasteiger partial charge is 0.411 e. The zero-order valence-electron chi connectivity index (χ0n) is 14.2. The van der Waals surface area contributed by atoms with Crippen molar-refractivity contribution in [3.8, 4) is 0 Å². The molecule has 0 aliphatic carbocycles. The number of hydrogen-bond acceptors (Lipinski definition) is 4. The van der Waals surface area contributed by atoms with E-state index in [2.05, 4.69) is 0 Å².